The van der Waals surface area contributed by atoms with Crippen molar-refractivity contribution in [2.75, 3.05) is 31.1 Å². The fourth-order valence-corrected chi connectivity index (χ4v) is 2.74. The highest BCUT2D eigenvalue weighted by Gasteiger charge is 2.17. The van der Waals surface area contributed by atoms with Crippen LogP contribution in [0.15, 0.2) is 34.9 Å². The van der Waals surface area contributed by atoms with Gasteiger partial charge in [-0.15, -0.1) is 0 Å². The average molecular weight is 283 g/mol. The number of nitrogens with zero attached hydrogens (tertiary/aromatic N) is 4. The molecular formula is C15H17N5O. The van der Waals surface area contributed by atoms with Gasteiger partial charge in [0.15, 0.2) is 11.4 Å². The summed E-state index contributed by atoms with van der Waals surface area (Å²) in [6.07, 6.45) is 1.66. The molecule has 1 N–H and O–H groups in total. The highest BCUT2D eigenvalue weighted by molar-refractivity contribution is 5.62. The number of furan rings is 1. The van der Waals surface area contributed by atoms with E-state index in [0.29, 0.717) is 0 Å². The van der Waals surface area contributed by atoms with Crippen molar-refractivity contribution in [3.63, 3.8) is 0 Å². The Bertz CT molecular complexity index is 756. The summed E-state index contributed by atoms with van der Waals surface area (Å²) in [6, 6.07) is 7.85. The zero-order valence-corrected chi connectivity index (χ0v) is 11.9. The molecule has 0 radical (unpaired) electrons. The molecule has 6 heteroatoms. The summed E-state index contributed by atoms with van der Waals surface area (Å²) >= 11 is 0. The summed E-state index contributed by atoms with van der Waals surface area (Å²) in [7, 11) is 0. The van der Waals surface area contributed by atoms with Gasteiger partial charge in [-0.05, 0) is 19.1 Å². The van der Waals surface area contributed by atoms with Crippen molar-refractivity contribution in [1.82, 2.24) is 19.9 Å². The zero-order chi connectivity index (χ0) is 14.2. The van der Waals surface area contributed by atoms with Crippen molar-refractivity contribution in [3.8, 4) is 11.5 Å². The van der Waals surface area contributed by atoms with Crippen LogP contribution in [-0.2, 0) is 0 Å². The third-order valence-electron chi connectivity index (χ3n) is 3.75. The van der Waals surface area contributed by atoms with Crippen molar-refractivity contribution in [2.45, 2.75) is 6.92 Å². The molecule has 1 aliphatic heterocycles. The zero-order valence-electron chi connectivity index (χ0n) is 11.9. The summed E-state index contributed by atoms with van der Waals surface area (Å²) in [4.78, 5) is 6.92. The Morgan fingerprint density at radius 1 is 1.24 bits per heavy atom. The minimum absolute atomic E-state index is 0.768. The van der Waals surface area contributed by atoms with E-state index < -0.39 is 0 Å². The second-order valence-corrected chi connectivity index (χ2v) is 5.27. The molecular weight excluding hydrogens is 266 g/mol. The number of aryl methyl sites for hydroxylation is 1. The van der Waals surface area contributed by atoms with E-state index in [1.165, 1.54) is 0 Å². The van der Waals surface area contributed by atoms with E-state index in [2.05, 4.69) is 26.4 Å². The molecule has 3 aromatic heterocycles. The van der Waals surface area contributed by atoms with Gasteiger partial charge >= 0.3 is 0 Å². The van der Waals surface area contributed by atoms with E-state index in [1.807, 2.05) is 29.6 Å². The van der Waals surface area contributed by atoms with Crippen molar-refractivity contribution >= 4 is 11.5 Å². The van der Waals surface area contributed by atoms with Gasteiger partial charge in [-0.1, -0.05) is 0 Å². The Hall–Kier alpha value is -2.34. The minimum Gasteiger partial charge on any atom is -0.463 e. The van der Waals surface area contributed by atoms with Crippen LogP contribution < -0.4 is 10.2 Å². The van der Waals surface area contributed by atoms with Crippen LogP contribution in [0, 0.1) is 6.92 Å². The van der Waals surface area contributed by atoms with Gasteiger partial charge in [0.05, 0.1) is 6.26 Å². The first-order valence-electron chi connectivity index (χ1n) is 7.18. The lowest BCUT2D eigenvalue weighted by Crippen LogP contribution is -2.44. The van der Waals surface area contributed by atoms with Crippen molar-refractivity contribution in [2.24, 2.45) is 0 Å². The molecule has 0 unspecified atom stereocenters. The van der Waals surface area contributed by atoms with Gasteiger partial charge in [-0.25, -0.2) is 4.98 Å². The number of hydrogen-bond donors (Lipinski definition) is 1. The van der Waals surface area contributed by atoms with E-state index in [-0.39, 0.29) is 0 Å². The number of nitrogens with one attached hydrogen (secondary N) is 1. The average Bonchev–Trinajstić information content (AvgIpc) is 3.16. The molecule has 108 valence electrons. The maximum Gasteiger partial charge on any atom is 0.158 e. The maximum absolute atomic E-state index is 5.44. The number of anilines is 1. The molecule has 0 amide bonds. The van der Waals surface area contributed by atoms with Crippen LogP contribution in [0.2, 0.25) is 0 Å². The Morgan fingerprint density at radius 3 is 2.86 bits per heavy atom. The van der Waals surface area contributed by atoms with Gasteiger partial charge in [-0.2, -0.15) is 9.61 Å². The van der Waals surface area contributed by atoms with Crippen molar-refractivity contribution < 1.29 is 4.42 Å². The lowest BCUT2D eigenvalue weighted by molar-refractivity contribution is 0.575. The smallest absolute Gasteiger partial charge is 0.158 e. The third kappa shape index (κ3) is 2.17. The topological polar surface area (TPSA) is 58.6 Å². The molecule has 6 nitrogen and oxygen atoms in total. The Kier molecular flexibility index (Phi) is 2.89. The molecule has 0 saturated carbocycles. The predicted molar refractivity (Wildman–Crippen MR) is 80.5 cm³/mol. The third-order valence-corrected chi connectivity index (χ3v) is 3.75. The number of aromatic nitrogens is 3. The molecule has 21 heavy (non-hydrogen) atoms. The first-order valence-corrected chi connectivity index (χ1v) is 7.18. The Balaban J connectivity index is 1.85. The first kappa shape index (κ1) is 12.4. The van der Waals surface area contributed by atoms with Crippen molar-refractivity contribution in [3.05, 3.63) is 36.2 Å². The lowest BCUT2D eigenvalue weighted by atomic mass is 10.3. The summed E-state index contributed by atoms with van der Waals surface area (Å²) < 4.78 is 7.35. The number of rotatable bonds is 2. The van der Waals surface area contributed by atoms with E-state index in [0.717, 1.165) is 54.8 Å². The summed E-state index contributed by atoms with van der Waals surface area (Å²) in [5.74, 6) is 1.86. The largest absolute Gasteiger partial charge is 0.463 e. The Labute approximate surface area is 122 Å². The molecule has 0 atom stereocenters. The second-order valence-electron chi connectivity index (χ2n) is 5.27. The molecule has 0 aromatic carbocycles. The number of hydrogen-bond acceptors (Lipinski definition) is 5. The first-order chi connectivity index (χ1) is 10.3. The van der Waals surface area contributed by atoms with Crippen LogP contribution in [0.1, 0.15) is 5.69 Å². The molecule has 0 bridgehead atoms. The standard InChI is InChI=1S/C15H17N5O/c1-11-9-15(19-6-4-16-5-7-19)20-14(17-11)10-12(18-20)13-3-2-8-21-13/h2-3,8-10,16H,4-7H2,1H3. The number of fused-ring (bicyclic) bond motifs is 1. The number of piperazine rings is 1. The predicted octanol–water partition coefficient (Wildman–Crippen LogP) is 1.71. The SMILES string of the molecule is Cc1cc(N2CCNCC2)n2nc(-c3ccco3)cc2n1. The van der Waals surface area contributed by atoms with Crippen LogP contribution in [-0.4, -0.2) is 40.8 Å². The molecule has 4 heterocycles. The van der Waals surface area contributed by atoms with Gasteiger partial charge in [-0.3, -0.25) is 0 Å². The second kappa shape index (κ2) is 4.89. The lowest BCUT2D eigenvalue weighted by Gasteiger charge is -2.29. The molecule has 1 saturated heterocycles. The Morgan fingerprint density at radius 2 is 2.10 bits per heavy atom. The molecule has 0 spiro atoms. The van der Waals surface area contributed by atoms with Gasteiger partial charge in [0, 0.05) is 44.0 Å². The summed E-state index contributed by atoms with van der Waals surface area (Å²) in [5.41, 5.74) is 2.67. The van der Waals surface area contributed by atoms with Crippen LogP contribution in [0.25, 0.3) is 17.1 Å². The summed E-state index contributed by atoms with van der Waals surface area (Å²) in [6.45, 7) is 5.97. The highest BCUT2D eigenvalue weighted by atomic mass is 16.3. The van der Waals surface area contributed by atoms with Gasteiger partial charge < -0.3 is 14.6 Å². The highest BCUT2D eigenvalue weighted by Crippen LogP contribution is 2.24. The van der Waals surface area contributed by atoms with Gasteiger partial charge in [0.1, 0.15) is 11.5 Å². The monoisotopic (exact) mass is 283 g/mol. The van der Waals surface area contributed by atoms with Crippen LogP contribution in [0.5, 0.6) is 0 Å². The minimum atomic E-state index is 0.768. The van der Waals surface area contributed by atoms with E-state index in [4.69, 9.17) is 4.42 Å². The fourth-order valence-electron chi connectivity index (χ4n) is 2.74. The van der Waals surface area contributed by atoms with E-state index >= 15 is 0 Å². The van der Waals surface area contributed by atoms with Crippen molar-refractivity contribution in [1.29, 1.82) is 0 Å². The van der Waals surface area contributed by atoms with Gasteiger partial charge in [0.2, 0.25) is 0 Å². The molecule has 1 fully saturated rings. The van der Waals surface area contributed by atoms with Crippen LogP contribution in [0.3, 0.4) is 0 Å². The van der Waals surface area contributed by atoms with Crippen LogP contribution >= 0.6 is 0 Å². The van der Waals surface area contributed by atoms with E-state index in [1.54, 1.807) is 6.26 Å². The maximum atomic E-state index is 5.44. The van der Waals surface area contributed by atoms with Gasteiger partial charge in [0.25, 0.3) is 0 Å². The van der Waals surface area contributed by atoms with E-state index in [9.17, 15) is 0 Å². The molecule has 3 aromatic rings. The molecule has 1 aliphatic rings. The normalized spacial score (nSPS) is 15.8. The summed E-state index contributed by atoms with van der Waals surface area (Å²) in [5, 5.41) is 8.04. The quantitative estimate of drug-likeness (QED) is 0.776. The van der Waals surface area contributed by atoms with Crippen LogP contribution in [0.4, 0.5) is 5.82 Å². The molecule has 4 rings (SSSR count). The fraction of sp³-hybridized carbons (Fsp3) is 0.333. The molecule has 0 aliphatic carbocycles.